The number of carbonyl (C=O) groups excluding carboxylic acids is 1. The Morgan fingerprint density at radius 2 is 1.78 bits per heavy atom. The van der Waals surface area contributed by atoms with Gasteiger partial charge in [0, 0.05) is 50.7 Å². The number of anilines is 1. The molecule has 4 fully saturated rings. The van der Waals surface area contributed by atoms with Crippen molar-refractivity contribution in [1.82, 2.24) is 19.8 Å². The van der Waals surface area contributed by atoms with E-state index in [1.165, 1.54) is 18.0 Å². The summed E-state index contributed by atoms with van der Waals surface area (Å²) in [6.07, 6.45) is 5.91. The molecule has 1 atom stereocenters. The molecule has 2 saturated carbocycles. The van der Waals surface area contributed by atoms with Crippen molar-refractivity contribution in [2.45, 2.75) is 61.4 Å². The van der Waals surface area contributed by atoms with Gasteiger partial charge in [-0.25, -0.2) is 23.2 Å². The van der Waals surface area contributed by atoms with Crippen molar-refractivity contribution in [3.63, 3.8) is 0 Å². The smallest absolute Gasteiger partial charge is 0.410 e. The maximum atomic E-state index is 12.9. The van der Waals surface area contributed by atoms with Crippen LogP contribution in [0.1, 0.15) is 38.2 Å². The van der Waals surface area contributed by atoms with Crippen molar-refractivity contribution in [2.24, 2.45) is 5.41 Å². The van der Waals surface area contributed by atoms with E-state index in [4.69, 9.17) is 4.74 Å². The first kappa shape index (κ1) is 23.7. The van der Waals surface area contributed by atoms with Crippen molar-refractivity contribution in [1.29, 1.82) is 0 Å². The van der Waals surface area contributed by atoms with Crippen molar-refractivity contribution < 1.29 is 17.9 Å². The molecule has 4 aliphatic rings. The number of amides is 1. The summed E-state index contributed by atoms with van der Waals surface area (Å²) in [7, 11) is -3.29. The minimum absolute atomic E-state index is 0.00546. The molecule has 6 rings (SSSR count). The van der Waals surface area contributed by atoms with Crippen molar-refractivity contribution in [2.75, 3.05) is 37.6 Å². The fraction of sp³-hybridized carbons (Fsp3) is 0.577. The minimum atomic E-state index is -3.29. The second kappa shape index (κ2) is 8.99. The quantitative estimate of drug-likeness (QED) is 0.584. The number of hydrogen-bond donors (Lipinski definition) is 0. The normalized spacial score (nSPS) is 24.3. The van der Waals surface area contributed by atoms with E-state index in [2.05, 4.69) is 39.1 Å². The Labute approximate surface area is 212 Å². The molecule has 192 valence electrons. The van der Waals surface area contributed by atoms with Gasteiger partial charge in [-0.3, -0.25) is 4.90 Å². The van der Waals surface area contributed by atoms with Crippen LogP contribution in [0.4, 0.5) is 10.7 Å². The summed E-state index contributed by atoms with van der Waals surface area (Å²) in [4.78, 5) is 27.9. The second-order valence-electron chi connectivity index (χ2n) is 11.0. The number of piperazine rings is 1. The number of aromatic nitrogens is 2. The van der Waals surface area contributed by atoms with Gasteiger partial charge in [0.2, 0.25) is 5.95 Å². The average Bonchev–Trinajstić information content (AvgIpc) is 3.68. The molecule has 0 N–H and O–H groups in total. The number of nitrogens with zero attached hydrogens (tertiary/aromatic N) is 5. The maximum absolute atomic E-state index is 12.9. The van der Waals surface area contributed by atoms with E-state index in [9.17, 15) is 13.2 Å². The molecule has 2 aromatic rings. The van der Waals surface area contributed by atoms with Gasteiger partial charge in [0.1, 0.15) is 11.0 Å². The predicted octanol–water partition coefficient (Wildman–Crippen LogP) is 2.72. The summed E-state index contributed by atoms with van der Waals surface area (Å²) in [6, 6.07) is 10.5. The molecule has 10 heteroatoms. The third kappa shape index (κ3) is 4.56. The van der Waals surface area contributed by atoms with Crippen LogP contribution in [0.5, 0.6) is 0 Å². The third-order valence-corrected chi connectivity index (χ3v) is 10.2. The summed E-state index contributed by atoms with van der Waals surface area (Å²) in [6.45, 7) is 6.81. The standard InChI is InChI=1S/C26H33N5O4S/c1-19-15-30(24-27-13-23(14-28-24)36(33,34)22-7-8-22)9-10-31(19)25(32)35-21-11-26(12-21)17-29(18-26)16-20-5-3-2-4-6-20/h2-6,13-14,19,21-22H,7-12,15-18H2,1H3/t19-/m1/s1. The first-order chi connectivity index (χ1) is 17.3. The SMILES string of the molecule is C[C@@H]1CN(c2ncc(S(=O)(=O)C3CC3)cn2)CCN1C(=O)OC1CC2(C1)CN(Cc1ccccc1)C2. The monoisotopic (exact) mass is 511 g/mol. The Morgan fingerprint density at radius 3 is 2.42 bits per heavy atom. The van der Waals surface area contributed by atoms with E-state index in [1.807, 2.05) is 17.9 Å². The lowest BCUT2D eigenvalue weighted by Gasteiger charge is -2.58. The van der Waals surface area contributed by atoms with Gasteiger partial charge in [0.25, 0.3) is 0 Å². The highest BCUT2D eigenvalue weighted by atomic mass is 32.2. The van der Waals surface area contributed by atoms with Crippen LogP contribution in [-0.2, 0) is 21.1 Å². The first-order valence-corrected chi connectivity index (χ1v) is 14.4. The maximum Gasteiger partial charge on any atom is 0.410 e. The fourth-order valence-corrected chi connectivity index (χ4v) is 7.46. The molecule has 0 unspecified atom stereocenters. The largest absolute Gasteiger partial charge is 0.446 e. The van der Waals surface area contributed by atoms with E-state index >= 15 is 0 Å². The summed E-state index contributed by atoms with van der Waals surface area (Å²) < 4.78 is 30.6. The summed E-state index contributed by atoms with van der Waals surface area (Å²) in [5.41, 5.74) is 1.66. The zero-order chi connectivity index (χ0) is 24.9. The van der Waals surface area contributed by atoms with Gasteiger partial charge < -0.3 is 14.5 Å². The number of hydrogen-bond acceptors (Lipinski definition) is 8. The van der Waals surface area contributed by atoms with Gasteiger partial charge in [-0.2, -0.15) is 0 Å². The summed E-state index contributed by atoms with van der Waals surface area (Å²) >= 11 is 0. The Bertz CT molecular complexity index is 1200. The van der Waals surface area contributed by atoms with E-state index in [0.29, 0.717) is 43.8 Å². The lowest BCUT2D eigenvalue weighted by Crippen LogP contribution is -2.64. The van der Waals surface area contributed by atoms with E-state index in [-0.39, 0.29) is 28.4 Å². The van der Waals surface area contributed by atoms with Crippen LogP contribution < -0.4 is 4.90 Å². The second-order valence-corrected chi connectivity index (χ2v) is 13.2. The number of ether oxygens (including phenoxy) is 1. The topological polar surface area (TPSA) is 95.9 Å². The van der Waals surface area contributed by atoms with Crippen molar-refractivity contribution in [3.8, 4) is 0 Å². The number of rotatable bonds is 6. The van der Waals surface area contributed by atoms with Crippen molar-refractivity contribution >= 4 is 21.9 Å². The van der Waals surface area contributed by atoms with Crippen LogP contribution >= 0.6 is 0 Å². The molecule has 1 aromatic carbocycles. The molecule has 9 nitrogen and oxygen atoms in total. The van der Waals surface area contributed by atoms with Gasteiger partial charge in [-0.1, -0.05) is 30.3 Å². The molecule has 1 aromatic heterocycles. The highest BCUT2D eigenvalue weighted by molar-refractivity contribution is 7.92. The lowest BCUT2D eigenvalue weighted by atomic mass is 9.61. The zero-order valence-corrected chi connectivity index (χ0v) is 21.4. The molecule has 0 bridgehead atoms. The van der Waals surface area contributed by atoms with Gasteiger partial charge in [0.05, 0.1) is 17.6 Å². The highest BCUT2D eigenvalue weighted by Gasteiger charge is 2.54. The molecule has 3 heterocycles. The van der Waals surface area contributed by atoms with Gasteiger partial charge in [-0.05, 0) is 38.2 Å². The Balaban J connectivity index is 0.957. The predicted molar refractivity (Wildman–Crippen MR) is 134 cm³/mol. The Hall–Kier alpha value is -2.72. The number of benzene rings is 1. The van der Waals surface area contributed by atoms with Crippen LogP contribution in [0.15, 0.2) is 47.6 Å². The highest BCUT2D eigenvalue weighted by Crippen LogP contribution is 2.50. The third-order valence-electron chi connectivity index (χ3n) is 8.01. The Morgan fingerprint density at radius 1 is 1.08 bits per heavy atom. The zero-order valence-electron chi connectivity index (χ0n) is 20.6. The van der Waals surface area contributed by atoms with Crippen LogP contribution in [0.3, 0.4) is 0 Å². The number of carbonyl (C=O) groups is 1. The molecule has 2 saturated heterocycles. The van der Waals surface area contributed by atoms with Crippen LogP contribution in [-0.4, -0.2) is 84.4 Å². The van der Waals surface area contributed by atoms with E-state index < -0.39 is 9.84 Å². The molecule has 1 spiro atoms. The first-order valence-electron chi connectivity index (χ1n) is 12.9. The van der Waals surface area contributed by atoms with Crippen LogP contribution in [0, 0.1) is 5.41 Å². The van der Waals surface area contributed by atoms with Gasteiger partial charge >= 0.3 is 6.09 Å². The minimum Gasteiger partial charge on any atom is -0.446 e. The Kier molecular flexibility index (Phi) is 5.91. The molecular formula is C26H33N5O4S. The summed E-state index contributed by atoms with van der Waals surface area (Å²) in [5, 5.41) is -0.274. The van der Waals surface area contributed by atoms with Crippen LogP contribution in [0.2, 0.25) is 0 Å². The van der Waals surface area contributed by atoms with E-state index in [1.54, 1.807) is 4.90 Å². The molecule has 1 amide bonds. The lowest BCUT2D eigenvalue weighted by molar-refractivity contribution is -0.136. The molecule has 36 heavy (non-hydrogen) atoms. The summed E-state index contributed by atoms with van der Waals surface area (Å²) in [5.74, 6) is 0.496. The van der Waals surface area contributed by atoms with Gasteiger partial charge in [-0.15, -0.1) is 0 Å². The van der Waals surface area contributed by atoms with E-state index in [0.717, 1.165) is 32.5 Å². The van der Waals surface area contributed by atoms with Crippen LogP contribution in [0.25, 0.3) is 0 Å². The van der Waals surface area contributed by atoms with Gasteiger partial charge in [0.15, 0.2) is 9.84 Å². The molecule has 2 aliphatic carbocycles. The molecule has 0 radical (unpaired) electrons. The number of sulfone groups is 1. The molecule has 2 aliphatic heterocycles. The average molecular weight is 512 g/mol. The van der Waals surface area contributed by atoms with Crippen molar-refractivity contribution in [3.05, 3.63) is 48.3 Å². The fourth-order valence-electron chi connectivity index (χ4n) is 5.91. The number of likely N-dealkylation sites (tertiary alicyclic amines) is 1. The molecular weight excluding hydrogens is 478 g/mol.